The second-order valence-corrected chi connectivity index (χ2v) is 6.55. The second-order valence-electron chi connectivity index (χ2n) is 2.50. The fraction of sp³-hybridized carbons (Fsp3) is 0. The van der Waals surface area contributed by atoms with E-state index >= 15 is 0 Å². The summed E-state index contributed by atoms with van der Waals surface area (Å²) >= 11 is 5.42. The molecule has 12 heteroatoms. The number of nitrogens with zero attached hydrogens (tertiary/aromatic N) is 2. The van der Waals surface area contributed by atoms with Crippen molar-refractivity contribution in [1.29, 1.82) is 0 Å². The number of nitro groups is 2. The van der Waals surface area contributed by atoms with Crippen LogP contribution in [0.15, 0.2) is 18.2 Å². The average Bonchev–Trinajstić information content (AvgIpc) is 2.14. The molecule has 0 aromatic heterocycles. The minimum absolute atomic E-state index is 0.447. The quantitative estimate of drug-likeness (QED) is 0.465. The minimum Gasteiger partial charge on any atom is -0.258 e. The van der Waals surface area contributed by atoms with Gasteiger partial charge in [0.05, 0.1) is 9.85 Å². The van der Waals surface area contributed by atoms with Crippen molar-refractivity contribution in [2.75, 3.05) is 0 Å². The standard InChI is InChI=1S/C6H3ClN2O4.Cl2O2S/c7-6-4(8(10)11)2-1-3-5(6)9(12)13;1-5(2,3)4/h1-3H;. The van der Waals surface area contributed by atoms with E-state index in [1.54, 1.807) is 0 Å². The largest absolute Gasteiger partial charge is 0.317 e. The van der Waals surface area contributed by atoms with E-state index in [9.17, 15) is 20.2 Å². The summed E-state index contributed by atoms with van der Waals surface area (Å²) in [5.74, 6) is 0. The molecule has 0 N–H and O–H groups in total. The van der Waals surface area contributed by atoms with Crippen LogP contribution in [0.25, 0.3) is 0 Å². The third-order valence-electron chi connectivity index (χ3n) is 1.35. The van der Waals surface area contributed by atoms with Gasteiger partial charge in [0.2, 0.25) is 0 Å². The van der Waals surface area contributed by atoms with Gasteiger partial charge in [0.1, 0.15) is 0 Å². The minimum atomic E-state index is -3.72. The van der Waals surface area contributed by atoms with Crippen LogP contribution in [-0.2, 0) is 8.26 Å². The molecular formula is C6H3Cl3N2O6S. The van der Waals surface area contributed by atoms with Crippen LogP contribution in [0.3, 0.4) is 0 Å². The molecule has 1 rings (SSSR count). The highest BCUT2D eigenvalue weighted by Crippen LogP contribution is 2.32. The van der Waals surface area contributed by atoms with Gasteiger partial charge >= 0.3 is 8.26 Å². The summed E-state index contributed by atoms with van der Waals surface area (Å²) in [7, 11) is 4.81. The van der Waals surface area contributed by atoms with Crippen molar-refractivity contribution >= 4 is 52.6 Å². The van der Waals surface area contributed by atoms with Crippen molar-refractivity contribution in [3.63, 3.8) is 0 Å². The van der Waals surface area contributed by atoms with Crippen LogP contribution in [0.2, 0.25) is 5.02 Å². The molecule has 1 aromatic rings. The van der Waals surface area contributed by atoms with E-state index in [2.05, 4.69) is 21.4 Å². The monoisotopic (exact) mass is 336 g/mol. The van der Waals surface area contributed by atoms with Crippen LogP contribution in [0.4, 0.5) is 11.4 Å². The molecule has 0 aliphatic heterocycles. The van der Waals surface area contributed by atoms with Crippen molar-refractivity contribution in [2.45, 2.75) is 0 Å². The Morgan fingerprint density at radius 2 is 1.28 bits per heavy atom. The molecule has 0 spiro atoms. The van der Waals surface area contributed by atoms with Gasteiger partial charge in [0, 0.05) is 33.5 Å². The van der Waals surface area contributed by atoms with E-state index in [-0.39, 0.29) is 0 Å². The maximum Gasteiger partial charge on any atom is 0.317 e. The molecule has 100 valence electrons. The number of nitro benzene ring substituents is 2. The Kier molecular flexibility index (Phi) is 6.26. The molecule has 0 heterocycles. The van der Waals surface area contributed by atoms with Gasteiger partial charge in [-0.05, 0) is 6.07 Å². The molecule has 0 unspecified atom stereocenters. The van der Waals surface area contributed by atoms with Crippen LogP contribution in [0.5, 0.6) is 0 Å². The van der Waals surface area contributed by atoms with Crippen LogP contribution in [-0.4, -0.2) is 18.3 Å². The molecule has 0 amide bonds. The Labute approximate surface area is 114 Å². The maximum atomic E-state index is 10.3. The molecule has 0 fully saturated rings. The summed E-state index contributed by atoms with van der Waals surface area (Å²) in [4.78, 5) is 19.1. The molecule has 0 atom stereocenters. The van der Waals surface area contributed by atoms with Crippen LogP contribution in [0.1, 0.15) is 0 Å². The highest BCUT2D eigenvalue weighted by atomic mass is 36.0. The smallest absolute Gasteiger partial charge is 0.258 e. The normalized spacial score (nSPS) is 10.2. The van der Waals surface area contributed by atoms with E-state index < -0.39 is 34.5 Å². The molecular weight excluding hydrogens is 334 g/mol. The zero-order valence-electron chi connectivity index (χ0n) is 8.12. The van der Waals surface area contributed by atoms with Gasteiger partial charge in [0.15, 0.2) is 5.02 Å². The molecule has 18 heavy (non-hydrogen) atoms. The first kappa shape index (κ1) is 16.8. The molecule has 0 aliphatic rings. The predicted molar refractivity (Wildman–Crippen MR) is 65.4 cm³/mol. The van der Waals surface area contributed by atoms with Crippen LogP contribution >= 0.6 is 33.0 Å². The zero-order chi connectivity index (χ0) is 14.5. The van der Waals surface area contributed by atoms with Gasteiger partial charge in [-0.15, -0.1) is 0 Å². The average molecular weight is 338 g/mol. The molecule has 0 saturated heterocycles. The summed E-state index contributed by atoms with van der Waals surface area (Å²) < 4.78 is 18.3. The summed E-state index contributed by atoms with van der Waals surface area (Å²) in [5, 5.41) is 20.1. The van der Waals surface area contributed by atoms with E-state index in [0.29, 0.717) is 0 Å². The lowest BCUT2D eigenvalue weighted by Gasteiger charge is -1.95. The summed E-state index contributed by atoms with van der Waals surface area (Å²) in [6.07, 6.45) is 0. The van der Waals surface area contributed by atoms with Crippen molar-refractivity contribution in [2.24, 2.45) is 0 Å². The van der Waals surface area contributed by atoms with Crippen molar-refractivity contribution < 1.29 is 18.3 Å². The number of halogens is 3. The molecule has 0 aliphatic carbocycles. The Bertz CT molecular complexity index is 534. The Morgan fingerprint density at radius 1 is 1.00 bits per heavy atom. The first-order valence-corrected chi connectivity index (χ1v) is 7.27. The van der Waals surface area contributed by atoms with E-state index in [4.69, 9.17) is 20.0 Å². The number of hydrogen-bond acceptors (Lipinski definition) is 6. The van der Waals surface area contributed by atoms with E-state index in [1.165, 1.54) is 6.07 Å². The molecule has 1 aromatic carbocycles. The zero-order valence-corrected chi connectivity index (χ0v) is 11.2. The number of benzene rings is 1. The first-order valence-electron chi connectivity index (χ1n) is 3.75. The number of hydrogen-bond donors (Lipinski definition) is 0. The fourth-order valence-corrected chi connectivity index (χ4v) is 1.05. The molecule has 0 bridgehead atoms. The topological polar surface area (TPSA) is 120 Å². The summed E-state index contributed by atoms with van der Waals surface area (Å²) in [6.45, 7) is 0. The highest BCUT2D eigenvalue weighted by molar-refractivity contribution is 8.31. The third-order valence-corrected chi connectivity index (χ3v) is 1.74. The summed E-state index contributed by atoms with van der Waals surface area (Å²) in [6, 6.07) is 3.42. The Hall–Kier alpha value is -1.16. The lowest BCUT2D eigenvalue weighted by atomic mass is 10.3. The van der Waals surface area contributed by atoms with E-state index in [0.717, 1.165) is 12.1 Å². The van der Waals surface area contributed by atoms with Gasteiger partial charge in [-0.1, -0.05) is 11.6 Å². The highest BCUT2D eigenvalue weighted by Gasteiger charge is 2.22. The SMILES string of the molecule is O=S(=O)(Cl)Cl.O=[N+]([O-])c1cccc([N+](=O)[O-])c1Cl. The maximum absolute atomic E-state index is 10.3. The first-order chi connectivity index (χ1) is 8.04. The second kappa shape index (κ2) is 6.69. The lowest BCUT2D eigenvalue weighted by molar-refractivity contribution is -0.393. The molecule has 0 saturated carbocycles. The van der Waals surface area contributed by atoms with E-state index in [1.807, 2.05) is 0 Å². The van der Waals surface area contributed by atoms with Crippen molar-refractivity contribution in [3.05, 3.63) is 43.5 Å². The van der Waals surface area contributed by atoms with Gasteiger partial charge < -0.3 is 0 Å². The molecule has 0 radical (unpaired) electrons. The molecule has 8 nitrogen and oxygen atoms in total. The predicted octanol–water partition coefficient (Wildman–Crippen LogP) is 2.87. The number of rotatable bonds is 2. The van der Waals surface area contributed by atoms with Crippen LogP contribution in [0, 0.1) is 20.2 Å². The van der Waals surface area contributed by atoms with Crippen molar-refractivity contribution in [1.82, 2.24) is 0 Å². The third kappa shape index (κ3) is 6.55. The van der Waals surface area contributed by atoms with Gasteiger partial charge in [-0.25, -0.2) is 0 Å². The fourth-order valence-electron chi connectivity index (χ4n) is 0.790. The van der Waals surface area contributed by atoms with Gasteiger partial charge in [0.25, 0.3) is 11.4 Å². The Morgan fingerprint density at radius 3 is 1.50 bits per heavy atom. The lowest BCUT2D eigenvalue weighted by Crippen LogP contribution is -1.93. The summed E-state index contributed by atoms with van der Waals surface area (Å²) in [5.41, 5.74) is -0.924. The van der Waals surface area contributed by atoms with Crippen LogP contribution < -0.4 is 0 Å². The van der Waals surface area contributed by atoms with Gasteiger partial charge in [-0.2, -0.15) is 8.42 Å². The van der Waals surface area contributed by atoms with Gasteiger partial charge in [-0.3, -0.25) is 20.2 Å². The van der Waals surface area contributed by atoms with Crippen molar-refractivity contribution in [3.8, 4) is 0 Å². The Balaban J connectivity index is 0.000000494.